The monoisotopic (exact) mass is 299 g/mol. The minimum absolute atomic E-state index is 0. The van der Waals surface area contributed by atoms with Crippen LogP contribution in [0.25, 0.3) is 0 Å². The van der Waals surface area contributed by atoms with Crippen molar-refractivity contribution in [2.24, 2.45) is 0 Å². The van der Waals surface area contributed by atoms with Gasteiger partial charge in [0.15, 0.2) is 0 Å². The summed E-state index contributed by atoms with van der Waals surface area (Å²) in [5.41, 5.74) is -1.33. The van der Waals surface area contributed by atoms with E-state index in [1.54, 1.807) is 0 Å². The highest BCUT2D eigenvalue weighted by atomic mass is 35.5. The Morgan fingerprint density at radius 3 is 2.37 bits per heavy atom. The normalized spacial score (nSPS) is 18.5. The third kappa shape index (κ3) is 4.24. The molecule has 1 fully saturated rings. The SMILES string of the molecule is Cl.FC(F)(F)Oc1cccc(C2(F)CCNCC2)c1. The molecule has 0 spiro atoms. The average Bonchev–Trinajstić information content (AvgIpc) is 2.28. The summed E-state index contributed by atoms with van der Waals surface area (Å²) < 4.78 is 54.6. The molecule has 2 nitrogen and oxygen atoms in total. The number of piperidine rings is 1. The van der Waals surface area contributed by atoms with E-state index in [-0.39, 0.29) is 36.6 Å². The van der Waals surface area contributed by atoms with Crippen LogP contribution >= 0.6 is 12.4 Å². The van der Waals surface area contributed by atoms with Crippen molar-refractivity contribution >= 4 is 12.4 Å². The number of rotatable bonds is 2. The van der Waals surface area contributed by atoms with Crippen LogP contribution in [0.5, 0.6) is 5.75 Å². The Morgan fingerprint density at radius 2 is 1.79 bits per heavy atom. The van der Waals surface area contributed by atoms with Crippen molar-refractivity contribution in [3.63, 3.8) is 0 Å². The summed E-state index contributed by atoms with van der Waals surface area (Å²) in [5, 5.41) is 3.01. The Balaban J connectivity index is 0.00000180. The van der Waals surface area contributed by atoms with Gasteiger partial charge in [0, 0.05) is 0 Å². The molecule has 1 heterocycles. The van der Waals surface area contributed by atoms with Gasteiger partial charge in [-0.05, 0) is 43.6 Å². The third-order valence-electron chi connectivity index (χ3n) is 2.98. The first-order chi connectivity index (χ1) is 8.39. The number of hydrogen-bond donors (Lipinski definition) is 1. The van der Waals surface area contributed by atoms with Crippen molar-refractivity contribution in [1.29, 1.82) is 0 Å². The summed E-state index contributed by atoms with van der Waals surface area (Å²) in [7, 11) is 0. The Kier molecular flexibility index (Phi) is 5.04. The van der Waals surface area contributed by atoms with Crippen LogP contribution in [-0.2, 0) is 5.67 Å². The van der Waals surface area contributed by atoms with Crippen LogP contribution in [0.3, 0.4) is 0 Å². The minimum Gasteiger partial charge on any atom is -0.406 e. The molecule has 0 atom stereocenters. The number of halogens is 5. The Bertz CT molecular complexity index is 418. The van der Waals surface area contributed by atoms with Gasteiger partial charge >= 0.3 is 6.36 Å². The summed E-state index contributed by atoms with van der Waals surface area (Å²) in [5.74, 6) is -0.379. The lowest BCUT2D eigenvalue weighted by Gasteiger charge is -2.30. The fourth-order valence-corrected chi connectivity index (χ4v) is 2.08. The summed E-state index contributed by atoms with van der Waals surface area (Å²) in [6.45, 7) is 1.03. The second kappa shape index (κ2) is 5.96. The quantitative estimate of drug-likeness (QED) is 0.843. The van der Waals surface area contributed by atoms with Crippen LogP contribution in [0.1, 0.15) is 18.4 Å². The Hall–Kier alpha value is -1.01. The molecule has 7 heteroatoms. The van der Waals surface area contributed by atoms with Crippen LogP contribution in [0.15, 0.2) is 24.3 Å². The first kappa shape index (κ1) is 16.0. The van der Waals surface area contributed by atoms with Gasteiger partial charge in [-0.15, -0.1) is 25.6 Å². The molecule has 0 aliphatic carbocycles. The maximum atomic E-state index is 14.5. The lowest BCUT2D eigenvalue weighted by molar-refractivity contribution is -0.274. The second-order valence-corrected chi connectivity index (χ2v) is 4.29. The largest absolute Gasteiger partial charge is 0.573 e. The predicted octanol–water partition coefficient (Wildman–Crippen LogP) is 3.56. The van der Waals surface area contributed by atoms with Crippen molar-refractivity contribution in [3.05, 3.63) is 29.8 Å². The Morgan fingerprint density at radius 1 is 1.16 bits per heavy atom. The molecule has 0 saturated carbocycles. The van der Waals surface area contributed by atoms with Gasteiger partial charge in [-0.1, -0.05) is 12.1 Å². The van der Waals surface area contributed by atoms with E-state index < -0.39 is 12.0 Å². The molecular weight excluding hydrogens is 286 g/mol. The van der Waals surface area contributed by atoms with Gasteiger partial charge in [-0.2, -0.15) is 0 Å². The van der Waals surface area contributed by atoms with Gasteiger partial charge in [-0.25, -0.2) is 4.39 Å². The van der Waals surface area contributed by atoms with Crippen LogP contribution in [-0.4, -0.2) is 19.5 Å². The van der Waals surface area contributed by atoms with Gasteiger partial charge in [0.2, 0.25) is 0 Å². The molecule has 108 valence electrons. The highest BCUT2D eigenvalue weighted by Crippen LogP contribution is 2.37. The molecule has 0 unspecified atom stereocenters. The summed E-state index contributed by atoms with van der Waals surface area (Å²) in [6.07, 6.45) is -4.25. The number of ether oxygens (including phenoxy) is 1. The smallest absolute Gasteiger partial charge is 0.406 e. The van der Waals surface area contributed by atoms with E-state index in [4.69, 9.17) is 0 Å². The highest BCUT2D eigenvalue weighted by Gasteiger charge is 2.35. The van der Waals surface area contributed by atoms with Crippen LogP contribution in [0.2, 0.25) is 0 Å². The summed E-state index contributed by atoms with van der Waals surface area (Å²) in [6, 6.07) is 5.16. The van der Waals surface area contributed by atoms with Crippen LogP contribution in [0.4, 0.5) is 17.6 Å². The van der Waals surface area contributed by atoms with Crippen molar-refractivity contribution in [1.82, 2.24) is 5.32 Å². The lowest BCUT2D eigenvalue weighted by atomic mass is 9.87. The maximum absolute atomic E-state index is 14.5. The van der Waals surface area contributed by atoms with Gasteiger partial charge in [0.25, 0.3) is 0 Å². The first-order valence-corrected chi connectivity index (χ1v) is 5.65. The van der Waals surface area contributed by atoms with Gasteiger partial charge in [0.05, 0.1) is 0 Å². The van der Waals surface area contributed by atoms with E-state index in [1.165, 1.54) is 18.2 Å². The number of benzene rings is 1. The van der Waals surface area contributed by atoms with Gasteiger partial charge < -0.3 is 10.1 Å². The highest BCUT2D eigenvalue weighted by molar-refractivity contribution is 5.85. The zero-order valence-electron chi connectivity index (χ0n) is 9.97. The van der Waals surface area contributed by atoms with E-state index in [1.807, 2.05) is 0 Å². The Labute approximate surface area is 114 Å². The molecule has 1 aromatic rings. The molecule has 0 bridgehead atoms. The topological polar surface area (TPSA) is 21.3 Å². The molecule has 1 aliphatic heterocycles. The van der Waals surface area contributed by atoms with Crippen LogP contribution < -0.4 is 10.1 Å². The van der Waals surface area contributed by atoms with Crippen molar-refractivity contribution in [2.75, 3.05) is 13.1 Å². The van der Waals surface area contributed by atoms with Crippen molar-refractivity contribution in [2.45, 2.75) is 24.9 Å². The summed E-state index contributed by atoms with van der Waals surface area (Å²) >= 11 is 0. The number of alkyl halides is 4. The molecular formula is C12H14ClF4NO. The first-order valence-electron chi connectivity index (χ1n) is 5.65. The molecule has 1 saturated heterocycles. The molecule has 0 radical (unpaired) electrons. The zero-order chi connectivity index (χ0) is 13.2. The third-order valence-corrected chi connectivity index (χ3v) is 2.98. The molecule has 0 aromatic heterocycles. The molecule has 1 N–H and O–H groups in total. The standard InChI is InChI=1S/C12H13F4NO.ClH/c13-11(4-6-17-7-5-11)9-2-1-3-10(8-9)18-12(14,15)16;/h1-3,8,17H,4-7H2;1H. The van der Waals surface area contributed by atoms with Crippen molar-refractivity contribution in [3.8, 4) is 5.75 Å². The van der Waals surface area contributed by atoms with Gasteiger partial charge in [-0.3, -0.25) is 0 Å². The van der Waals surface area contributed by atoms with Crippen molar-refractivity contribution < 1.29 is 22.3 Å². The fraction of sp³-hybridized carbons (Fsp3) is 0.500. The maximum Gasteiger partial charge on any atom is 0.573 e. The van der Waals surface area contributed by atoms with E-state index in [2.05, 4.69) is 10.1 Å². The molecule has 19 heavy (non-hydrogen) atoms. The average molecular weight is 300 g/mol. The van der Waals surface area contributed by atoms with E-state index in [9.17, 15) is 17.6 Å². The molecule has 1 aliphatic rings. The number of nitrogens with one attached hydrogen (secondary N) is 1. The molecule has 2 rings (SSSR count). The fourth-order valence-electron chi connectivity index (χ4n) is 2.08. The molecule has 1 aromatic carbocycles. The number of hydrogen-bond acceptors (Lipinski definition) is 2. The van der Waals surface area contributed by atoms with E-state index in [0.717, 1.165) is 6.07 Å². The minimum atomic E-state index is -4.75. The van der Waals surface area contributed by atoms with Crippen LogP contribution in [0, 0.1) is 0 Å². The van der Waals surface area contributed by atoms with E-state index in [0.29, 0.717) is 13.1 Å². The second-order valence-electron chi connectivity index (χ2n) is 4.29. The van der Waals surface area contributed by atoms with E-state index >= 15 is 0 Å². The lowest BCUT2D eigenvalue weighted by Crippen LogP contribution is -2.36. The summed E-state index contributed by atoms with van der Waals surface area (Å²) in [4.78, 5) is 0. The predicted molar refractivity (Wildman–Crippen MR) is 65.3 cm³/mol. The zero-order valence-corrected chi connectivity index (χ0v) is 10.8. The molecule has 0 amide bonds. The van der Waals surface area contributed by atoms with Gasteiger partial charge in [0.1, 0.15) is 11.4 Å².